The van der Waals surface area contributed by atoms with Gasteiger partial charge in [-0.05, 0) is 23.8 Å². The number of nitrogens with one attached hydrogen (secondary N) is 1. The SMILES string of the molecule is NCC1CC(c2ccc(Nc3ccncn3)cc2)=NO1. The molecule has 0 bridgehead atoms. The van der Waals surface area contributed by atoms with Crippen LogP contribution in [0.2, 0.25) is 0 Å². The van der Waals surface area contributed by atoms with Gasteiger partial charge in [0.1, 0.15) is 18.2 Å². The maximum absolute atomic E-state index is 5.56. The van der Waals surface area contributed by atoms with Gasteiger partial charge in [0.25, 0.3) is 0 Å². The largest absolute Gasteiger partial charge is 0.390 e. The molecule has 1 atom stereocenters. The third kappa shape index (κ3) is 2.75. The van der Waals surface area contributed by atoms with Crippen LogP contribution in [0, 0.1) is 0 Å². The molecule has 20 heavy (non-hydrogen) atoms. The number of aromatic nitrogens is 2. The summed E-state index contributed by atoms with van der Waals surface area (Å²) >= 11 is 0. The van der Waals surface area contributed by atoms with E-state index in [9.17, 15) is 0 Å². The van der Waals surface area contributed by atoms with Gasteiger partial charge in [-0.25, -0.2) is 9.97 Å². The zero-order valence-corrected chi connectivity index (χ0v) is 10.9. The second-order valence-electron chi connectivity index (χ2n) is 4.50. The van der Waals surface area contributed by atoms with Crippen LogP contribution in [0.4, 0.5) is 11.5 Å². The van der Waals surface area contributed by atoms with Crippen molar-refractivity contribution in [2.75, 3.05) is 11.9 Å². The van der Waals surface area contributed by atoms with E-state index < -0.39 is 0 Å². The first kappa shape index (κ1) is 12.6. The van der Waals surface area contributed by atoms with E-state index in [2.05, 4.69) is 20.4 Å². The van der Waals surface area contributed by atoms with Gasteiger partial charge in [-0.3, -0.25) is 0 Å². The lowest BCUT2D eigenvalue weighted by Crippen LogP contribution is -2.20. The summed E-state index contributed by atoms with van der Waals surface area (Å²) in [6.07, 6.45) is 3.97. The number of nitrogens with zero attached hydrogens (tertiary/aromatic N) is 3. The van der Waals surface area contributed by atoms with E-state index in [1.165, 1.54) is 6.33 Å². The highest BCUT2D eigenvalue weighted by molar-refractivity contribution is 6.01. The number of nitrogens with two attached hydrogens (primary N) is 1. The van der Waals surface area contributed by atoms with Crippen LogP contribution >= 0.6 is 0 Å². The quantitative estimate of drug-likeness (QED) is 0.881. The Bertz CT molecular complexity index is 597. The van der Waals surface area contributed by atoms with Crippen molar-refractivity contribution in [2.45, 2.75) is 12.5 Å². The van der Waals surface area contributed by atoms with Crippen molar-refractivity contribution in [1.82, 2.24) is 9.97 Å². The van der Waals surface area contributed by atoms with Crippen molar-refractivity contribution in [3.8, 4) is 0 Å². The summed E-state index contributed by atoms with van der Waals surface area (Å²) in [6, 6.07) is 9.79. The van der Waals surface area contributed by atoms with Gasteiger partial charge < -0.3 is 15.9 Å². The Kier molecular flexibility index (Phi) is 3.56. The van der Waals surface area contributed by atoms with Crippen molar-refractivity contribution in [2.24, 2.45) is 10.9 Å². The van der Waals surface area contributed by atoms with Gasteiger partial charge in [0, 0.05) is 24.8 Å². The van der Waals surface area contributed by atoms with Crippen LogP contribution in [0.1, 0.15) is 12.0 Å². The molecule has 6 heteroatoms. The Hall–Kier alpha value is -2.47. The molecule has 0 saturated carbocycles. The first-order valence-corrected chi connectivity index (χ1v) is 6.41. The molecule has 2 heterocycles. The highest BCUT2D eigenvalue weighted by Crippen LogP contribution is 2.19. The van der Waals surface area contributed by atoms with Gasteiger partial charge in [-0.1, -0.05) is 17.3 Å². The minimum Gasteiger partial charge on any atom is -0.390 e. The van der Waals surface area contributed by atoms with Crippen molar-refractivity contribution in [1.29, 1.82) is 0 Å². The summed E-state index contributed by atoms with van der Waals surface area (Å²) in [5.41, 5.74) is 8.51. The molecule has 0 spiro atoms. The molecule has 102 valence electrons. The van der Waals surface area contributed by atoms with Crippen molar-refractivity contribution in [3.05, 3.63) is 48.4 Å². The smallest absolute Gasteiger partial charge is 0.145 e. The minimum absolute atomic E-state index is 0.00354. The first-order chi connectivity index (χ1) is 9.85. The third-order valence-corrected chi connectivity index (χ3v) is 3.07. The summed E-state index contributed by atoms with van der Waals surface area (Å²) < 4.78 is 0. The molecule has 0 amide bonds. The molecular formula is C14H15N5O. The zero-order valence-electron chi connectivity index (χ0n) is 10.9. The number of anilines is 2. The second kappa shape index (κ2) is 5.66. The number of rotatable bonds is 4. The van der Waals surface area contributed by atoms with Crippen LogP contribution in [-0.4, -0.2) is 28.3 Å². The normalized spacial score (nSPS) is 17.4. The monoisotopic (exact) mass is 269 g/mol. The fourth-order valence-electron chi connectivity index (χ4n) is 1.98. The lowest BCUT2D eigenvalue weighted by atomic mass is 10.0. The lowest BCUT2D eigenvalue weighted by Gasteiger charge is -2.06. The van der Waals surface area contributed by atoms with E-state index in [4.69, 9.17) is 10.6 Å². The molecule has 1 aliphatic rings. The predicted octanol–water partition coefficient (Wildman–Crippen LogP) is 1.67. The van der Waals surface area contributed by atoms with Crippen molar-refractivity contribution >= 4 is 17.2 Å². The molecule has 1 aromatic carbocycles. The Morgan fingerprint density at radius 3 is 2.75 bits per heavy atom. The maximum atomic E-state index is 5.56. The lowest BCUT2D eigenvalue weighted by molar-refractivity contribution is 0.0918. The molecule has 0 radical (unpaired) electrons. The van der Waals surface area contributed by atoms with E-state index in [0.717, 1.165) is 29.2 Å². The van der Waals surface area contributed by atoms with E-state index >= 15 is 0 Å². The molecular weight excluding hydrogens is 254 g/mol. The van der Waals surface area contributed by atoms with Crippen molar-refractivity contribution < 1.29 is 4.84 Å². The summed E-state index contributed by atoms with van der Waals surface area (Å²) in [5, 5.41) is 7.27. The zero-order chi connectivity index (χ0) is 13.8. The number of oxime groups is 1. The molecule has 3 rings (SSSR count). The highest BCUT2D eigenvalue weighted by Gasteiger charge is 2.20. The van der Waals surface area contributed by atoms with E-state index in [1.807, 2.05) is 30.3 Å². The standard InChI is InChI=1S/C14H15N5O/c15-8-12-7-13(19-20-12)10-1-3-11(4-2-10)18-14-5-6-16-9-17-14/h1-6,9,12H,7-8,15H2,(H,16,17,18). The van der Waals surface area contributed by atoms with Gasteiger partial charge >= 0.3 is 0 Å². The van der Waals surface area contributed by atoms with Gasteiger partial charge in [-0.2, -0.15) is 0 Å². The topological polar surface area (TPSA) is 85.4 Å². The second-order valence-corrected chi connectivity index (χ2v) is 4.50. The molecule has 3 N–H and O–H groups in total. The van der Waals surface area contributed by atoms with Crippen molar-refractivity contribution in [3.63, 3.8) is 0 Å². The van der Waals surface area contributed by atoms with Gasteiger partial charge in [0.2, 0.25) is 0 Å². The number of benzene rings is 1. The fourth-order valence-corrected chi connectivity index (χ4v) is 1.98. The van der Waals surface area contributed by atoms with Gasteiger partial charge in [-0.15, -0.1) is 0 Å². The van der Waals surface area contributed by atoms with Crippen LogP contribution in [0.5, 0.6) is 0 Å². The fraction of sp³-hybridized carbons (Fsp3) is 0.214. The van der Waals surface area contributed by atoms with Crippen LogP contribution in [0.3, 0.4) is 0 Å². The number of hydrogen-bond acceptors (Lipinski definition) is 6. The van der Waals surface area contributed by atoms with Crippen LogP contribution < -0.4 is 11.1 Å². The van der Waals surface area contributed by atoms with Crippen LogP contribution in [0.15, 0.2) is 48.0 Å². The van der Waals surface area contributed by atoms with Crippen LogP contribution in [-0.2, 0) is 4.84 Å². The molecule has 2 aromatic rings. The highest BCUT2D eigenvalue weighted by atomic mass is 16.6. The first-order valence-electron chi connectivity index (χ1n) is 6.41. The summed E-state index contributed by atoms with van der Waals surface area (Å²) in [5.74, 6) is 0.762. The summed E-state index contributed by atoms with van der Waals surface area (Å²) in [7, 11) is 0. The van der Waals surface area contributed by atoms with E-state index in [1.54, 1.807) is 6.20 Å². The van der Waals surface area contributed by atoms with Crippen LogP contribution in [0.25, 0.3) is 0 Å². The van der Waals surface area contributed by atoms with E-state index in [0.29, 0.717) is 6.54 Å². The molecule has 1 unspecified atom stereocenters. The Morgan fingerprint density at radius 1 is 1.25 bits per heavy atom. The molecule has 0 fully saturated rings. The third-order valence-electron chi connectivity index (χ3n) is 3.07. The minimum atomic E-state index is 0.00354. The molecule has 0 aliphatic carbocycles. The average molecular weight is 269 g/mol. The average Bonchev–Trinajstić information content (AvgIpc) is 2.98. The molecule has 1 aliphatic heterocycles. The molecule has 6 nitrogen and oxygen atoms in total. The predicted molar refractivity (Wildman–Crippen MR) is 76.8 cm³/mol. The summed E-state index contributed by atoms with van der Waals surface area (Å²) in [4.78, 5) is 13.2. The van der Waals surface area contributed by atoms with Gasteiger partial charge in [0.05, 0.1) is 5.71 Å². The van der Waals surface area contributed by atoms with Gasteiger partial charge in [0.15, 0.2) is 0 Å². The molecule has 0 saturated heterocycles. The van der Waals surface area contributed by atoms with E-state index in [-0.39, 0.29) is 6.10 Å². The summed E-state index contributed by atoms with van der Waals surface area (Å²) in [6.45, 7) is 0.486. The number of hydrogen-bond donors (Lipinski definition) is 2. The maximum Gasteiger partial charge on any atom is 0.145 e. The Balaban J connectivity index is 1.69. The Labute approximate surface area is 116 Å². The molecule has 1 aromatic heterocycles. The Morgan fingerprint density at radius 2 is 2.10 bits per heavy atom.